The molecular weight excluding hydrogens is 513 g/mol. The summed E-state index contributed by atoms with van der Waals surface area (Å²) in [6.45, 7) is 0.773. The van der Waals surface area contributed by atoms with Crippen molar-refractivity contribution >= 4 is 59.8 Å². The van der Waals surface area contributed by atoms with Gasteiger partial charge in [-0.1, -0.05) is 65.6 Å². The molecule has 0 unspecified atom stereocenters. The molecule has 0 bridgehead atoms. The van der Waals surface area contributed by atoms with E-state index in [0.29, 0.717) is 44.9 Å². The van der Waals surface area contributed by atoms with Gasteiger partial charge < -0.3 is 4.74 Å². The third kappa shape index (κ3) is 4.05. The lowest BCUT2D eigenvalue weighted by molar-refractivity contribution is 0.183. The maximum absolute atomic E-state index is 13.6. The molecule has 0 aliphatic carbocycles. The van der Waals surface area contributed by atoms with E-state index in [9.17, 15) is 9.59 Å². The van der Waals surface area contributed by atoms with Crippen LogP contribution in [0, 0.1) is 0 Å². The molecule has 0 saturated heterocycles. The van der Waals surface area contributed by atoms with Crippen LogP contribution in [0.25, 0.3) is 36.5 Å². The standard InChI is InChI=1S/C26H20N4O3S3/c1-33-12-11-29-24(32)22-18(16-7-3-2-4-8-16)15-34-23(22)28-25(29)35-14-17-13-21(31)30-19-9-5-6-10-20(19)36-26(30)27-17/h2-10,13,15H,11-12,14H2,1H3. The van der Waals surface area contributed by atoms with E-state index in [2.05, 4.69) is 0 Å². The first-order valence-corrected chi connectivity index (χ1v) is 13.9. The Bertz CT molecular complexity index is 1840. The van der Waals surface area contributed by atoms with Crippen molar-refractivity contribution in [3.63, 3.8) is 0 Å². The highest BCUT2D eigenvalue weighted by atomic mass is 32.2. The molecule has 2 aromatic carbocycles. The van der Waals surface area contributed by atoms with Crippen LogP contribution >= 0.6 is 34.4 Å². The molecule has 0 amide bonds. The van der Waals surface area contributed by atoms with Crippen LogP contribution in [0.1, 0.15) is 5.69 Å². The Labute approximate surface area is 217 Å². The number of rotatable bonds is 7. The van der Waals surface area contributed by atoms with Gasteiger partial charge in [-0.05, 0) is 17.7 Å². The third-order valence-corrected chi connectivity index (χ3v) is 8.76. The number of thioether (sulfide) groups is 1. The highest BCUT2D eigenvalue weighted by molar-refractivity contribution is 7.98. The van der Waals surface area contributed by atoms with Crippen LogP contribution in [0.2, 0.25) is 0 Å². The van der Waals surface area contributed by atoms with Gasteiger partial charge in [0, 0.05) is 29.9 Å². The number of methoxy groups -OCH3 is 1. The van der Waals surface area contributed by atoms with Gasteiger partial charge in [-0.15, -0.1) is 11.3 Å². The van der Waals surface area contributed by atoms with E-state index in [-0.39, 0.29) is 11.1 Å². The van der Waals surface area contributed by atoms with Crippen LogP contribution < -0.4 is 11.1 Å². The van der Waals surface area contributed by atoms with E-state index in [1.54, 1.807) is 22.1 Å². The van der Waals surface area contributed by atoms with Gasteiger partial charge in [-0.3, -0.25) is 18.6 Å². The molecule has 0 spiro atoms. The van der Waals surface area contributed by atoms with Gasteiger partial charge in [0.05, 0.1) is 34.4 Å². The van der Waals surface area contributed by atoms with Crippen LogP contribution in [0.3, 0.4) is 0 Å². The van der Waals surface area contributed by atoms with E-state index in [1.165, 1.54) is 34.4 Å². The third-order valence-electron chi connectivity index (χ3n) is 5.86. The second-order valence-corrected chi connectivity index (χ2v) is 10.9. The molecule has 6 aromatic rings. The quantitative estimate of drug-likeness (QED) is 0.205. The Morgan fingerprint density at radius 2 is 1.83 bits per heavy atom. The van der Waals surface area contributed by atoms with Crippen molar-refractivity contribution in [3.8, 4) is 11.1 Å². The molecule has 4 heterocycles. The maximum atomic E-state index is 13.6. The normalized spacial score (nSPS) is 11.7. The van der Waals surface area contributed by atoms with Crippen LogP contribution in [0.15, 0.2) is 80.8 Å². The van der Waals surface area contributed by atoms with Crippen molar-refractivity contribution in [1.29, 1.82) is 0 Å². The number of aromatic nitrogens is 4. The molecule has 0 N–H and O–H groups in total. The Morgan fingerprint density at radius 3 is 2.67 bits per heavy atom. The molecule has 6 rings (SSSR count). The fraction of sp³-hybridized carbons (Fsp3) is 0.154. The highest BCUT2D eigenvalue weighted by Gasteiger charge is 2.18. The van der Waals surface area contributed by atoms with Crippen molar-refractivity contribution < 1.29 is 4.74 Å². The molecular formula is C26H20N4O3S3. The lowest BCUT2D eigenvalue weighted by Gasteiger charge is -2.12. The molecule has 0 aliphatic heterocycles. The minimum atomic E-state index is -0.112. The van der Waals surface area contributed by atoms with Crippen molar-refractivity contribution in [1.82, 2.24) is 18.9 Å². The number of hydrogen-bond donors (Lipinski definition) is 0. The van der Waals surface area contributed by atoms with E-state index in [0.717, 1.165) is 21.3 Å². The number of thiophene rings is 1. The number of ether oxygens (including phenoxy) is 1. The summed E-state index contributed by atoms with van der Waals surface area (Å²) in [6.07, 6.45) is 0. The molecule has 4 aromatic heterocycles. The van der Waals surface area contributed by atoms with Gasteiger partial charge in [-0.2, -0.15) is 0 Å². The van der Waals surface area contributed by atoms with Gasteiger partial charge in [-0.25, -0.2) is 9.97 Å². The zero-order valence-corrected chi connectivity index (χ0v) is 21.7. The Balaban J connectivity index is 1.39. The summed E-state index contributed by atoms with van der Waals surface area (Å²) >= 11 is 4.36. The Kier molecular flexibility index (Phi) is 6.18. The predicted octanol–water partition coefficient (Wildman–Crippen LogP) is 5.29. The minimum Gasteiger partial charge on any atom is -0.383 e. The summed E-state index contributed by atoms with van der Waals surface area (Å²) in [5.74, 6) is 0.418. The van der Waals surface area contributed by atoms with Gasteiger partial charge in [0.2, 0.25) is 0 Å². The summed E-state index contributed by atoms with van der Waals surface area (Å²) in [7, 11) is 1.61. The molecule has 0 saturated carbocycles. The van der Waals surface area contributed by atoms with Crippen molar-refractivity contribution in [3.05, 3.63) is 92.4 Å². The number of benzene rings is 2. The topological polar surface area (TPSA) is 78.5 Å². The lowest BCUT2D eigenvalue weighted by atomic mass is 10.1. The van der Waals surface area contributed by atoms with Crippen LogP contribution in [0.5, 0.6) is 0 Å². The summed E-state index contributed by atoms with van der Waals surface area (Å²) in [5.41, 5.74) is 3.19. The number of fused-ring (bicyclic) bond motifs is 4. The summed E-state index contributed by atoms with van der Waals surface area (Å²) < 4.78 is 9.59. The van der Waals surface area contributed by atoms with Crippen LogP contribution in [-0.2, 0) is 17.0 Å². The molecule has 0 aliphatic rings. The smallest absolute Gasteiger partial charge is 0.263 e. The summed E-state index contributed by atoms with van der Waals surface area (Å²) in [6, 6.07) is 19.2. The second-order valence-electron chi connectivity index (χ2n) is 8.10. The molecule has 0 fully saturated rings. The number of nitrogens with zero attached hydrogens (tertiary/aromatic N) is 4. The van der Waals surface area contributed by atoms with E-state index < -0.39 is 0 Å². The Morgan fingerprint density at radius 1 is 1.03 bits per heavy atom. The fourth-order valence-electron chi connectivity index (χ4n) is 4.16. The first kappa shape index (κ1) is 23.1. The molecule has 180 valence electrons. The van der Waals surface area contributed by atoms with E-state index >= 15 is 0 Å². The zero-order valence-electron chi connectivity index (χ0n) is 19.2. The van der Waals surface area contributed by atoms with Gasteiger partial charge >= 0.3 is 0 Å². The SMILES string of the molecule is COCCn1c(SCc2cc(=O)n3c(n2)sc2ccccc23)nc2scc(-c3ccccc3)c2c1=O. The largest absolute Gasteiger partial charge is 0.383 e. The molecule has 10 heteroatoms. The van der Waals surface area contributed by atoms with Gasteiger partial charge in [0.15, 0.2) is 10.1 Å². The lowest BCUT2D eigenvalue weighted by Crippen LogP contribution is -2.25. The average molecular weight is 533 g/mol. The van der Waals surface area contributed by atoms with Crippen LogP contribution in [0.4, 0.5) is 0 Å². The number of para-hydroxylation sites is 1. The maximum Gasteiger partial charge on any atom is 0.263 e. The second kappa shape index (κ2) is 9.62. The van der Waals surface area contributed by atoms with Gasteiger partial charge in [0.25, 0.3) is 11.1 Å². The number of hydrogen-bond acceptors (Lipinski definition) is 8. The first-order valence-electron chi connectivity index (χ1n) is 11.2. The zero-order chi connectivity index (χ0) is 24.6. The van der Waals surface area contributed by atoms with Crippen molar-refractivity contribution in [2.45, 2.75) is 17.5 Å². The van der Waals surface area contributed by atoms with Crippen molar-refractivity contribution in [2.24, 2.45) is 0 Å². The van der Waals surface area contributed by atoms with E-state index in [4.69, 9.17) is 14.7 Å². The number of thiazole rings is 1. The van der Waals surface area contributed by atoms with Gasteiger partial charge in [0.1, 0.15) is 4.83 Å². The minimum absolute atomic E-state index is 0.0901. The first-order chi connectivity index (χ1) is 17.6. The van der Waals surface area contributed by atoms with E-state index in [1.807, 2.05) is 60.0 Å². The highest BCUT2D eigenvalue weighted by Crippen LogP contribution is 2.32. The van der Waals surface area contributed by atoms with Crippen molar-refractivity contribution in [2.75, 3.05) is 13.7 Å². The average Bonchev–Trinajstić information content (AvgIpc) is 3.49. The fourth-order valence-corrected chi connectivity index (χ4v) is 7.12. The summed E-state index contributed by atoms with van der Waals surface area (Å²) in [4.78, 5) is 37.5. The van der Waals surface area contributed by atoms with Crippen LogP contribution in [-0.4, -0.2) is 32.7 Å². The Hall–Kier alpha value is -3.31. The molecule has 0 radical (unpaired) electrons. The predicted molar refractivity (Wildman–Crippen MR) is 148 cm³/mol. The molecule has 36 heavy (non-hydrogen) atoms. The monoisotopic (exact) mass is 532 g/mol. The summed E-state index contributed by atoms with van der Waals surface area (Å²) in [5, 5.41) is 3.19. The molecule has 0 atom stereocenters. The molecule has 7 nitrogen and oxygen atoms in total.